The number of nitro groups is 1. The predicted molar refractivity (Wildman–Crippen MR) is 70.9 cm³/mol. The Morgan fingerprint density at radius 1 is 1.24 bits per heavy atom. The second-order valence-electron chi connectivity index (χ2n) is 4.19. The van der Waals surface area contributed by atoms with Gasteiger partial charge < -0.3 is 9.84 Å². The first-order chi connectivity index (χ1) is 9.95. The zero-order chi connectivity index (χ0) is 15.4. The lowest BCUT2D eigenvalue weighted by molar-refractivity contribution is -0.384. The molecule has 21 heavy (non-hydrogen) atoms. The molecule has 0 aliphatic rings. The second kappa shape index (κ2) is 6.00. The fraction of sp³-hybridized carbons (Fsp3) is 0.0714. The molecule has 0 radical (unpaired) electrons. The summed E-state index contributed by atoms with van der Waals surface area (Å²) in [6.45, 7) is 0. The minimum Gasteiger partial charge on any atom is -0.481 e. The largest absolute Gasteiger partial charge is 0.481 e. The van der Waals surface area contributed by atoms with Gasteiger partial charge in [0.1, 0.15) is 5.75 Å². The Morgan fingerprint density at radius 2 is 1.90 bits per heavy atom. The van der Waals surface area contributed by atoms with Gasteiger partial charge in [-0.2, -0.15) is 0 Å². The van der Waals surface area contributed by atoms with Crippen LogP contribution in [0.3, 0.4) is 0 Å². The fourth-order valence-corrected chi connectivity index (χ4v) is 1.67. The average Bonchev–Trinajstić information content (AvgIpc) is 2.42. The van der Waals surface area contributed by atoms with Crippen molar-refractivity contribution in [3.63, 3.8) is 0 Å². The molecule has 0 saturated heterocycles. The summed E-state index contributed by atoms with van der Waals surface area (Å²) in [7, 11) is 0. The van der Waals surface area contributed by atoms with Gasteiger partial charge in [0.2, 0.25) is 0 Å². The van der Waals surface area contributed by atoms with E-state index >= 15 is 0 Å². The van der Waals surface area contributed by atoms with Crippen molar-refractivity contribution in [1.82, 2.24) is 0 Å². The molecule has 0 spiro atoms. The van der Waals surface area contributed by atoms with Crippen LogP contribution < -0.4 is 4.74 Å². The number of ether oxygens (including phenoxy) is 1. The normalized spacial score (nSPS) is 10.1. The van der Waals surface area contributed by atoms with Crippen LogP contribution in [0.15, 0.2) is 42.5 Å². The number of carbonyl (C=O) groups is 1. The highest BCUT2D eigenvalue weighted by atomic mass is 19.1. The van der Waals surface area contributed by atoms with E-state index in [4.69, 9.17) is 9.84 Å². The van der Waals surface area contributed by atoms with Crippen LogP contribution in [0.25, 0.3) is 0 Å². The number of carboxylic acids is 1. The third-order valence-corrected chi connectivity index (χ3v) is 2.63. The molecule has 0 heterocycles. The van der Waals surface area contributed by atoms with Crippen LogP contribution in [0.5, 0.6) is 11.5 Å². The van der Waals surface area contributed by atoms with Crippen molar-refractivity contribution >= 4 is 11.7 Å². The molecule has 1 N–H and O–H groups in total. The van der Waals surface area contributed by atoms with Gasteiger partial charge in [0, 0.05) is 12.1 Å². The SMILES string of the molecule is O=C(O)Cc1ccc(Oc2ccc([N+](=O)[O-])cc2)c(F)c1. The van der Waals surface area contributed by atoms with Crippen LogP contribution in [-0.4, -0.2) is 16.0 Å². The van der Waals surface area contributed by atoms with Crippen LogP contribution in [0.2, 0.25) is 0 Å². The Morgan fingerprint density at radius 3 is 2.43 bits per heavy atom. The van der Waals surface area contributed by atoms with Gasteiger partial charge in [-0.3, -0.25) is 14.9 Å². The van der Waals surface area contributed by atoms with Gasteiger partial charge in [-0.1, -0.05) is 6.07 Å². The van der Waals surface area contributed by atoms with E-state index in [1.54, 1.807) is 0 Å². The Hall–Kier alpha value is -2.96. The number of carboxylic acid groups (broad SMARTS) is 1. The zero-order valence-corrected chi connectivity index (χ0v) is 10.7. The van der Waals surface area contributed by atoms with Crippen LogP contribution >= 0.6 is 0 Å². The van der Waals surface area contributed by atoms with E-state index in [9.17, 15) is 19.3 Å². The molecule has 6 nitrogen and oxygen atoms in total. The molecule has 0 aliphatic carbocycles. The number of aliphatic carboxylic acids is 1. The molecule has 0 bridgehead atoms. The molecule has 2 rings (SSSR count). The maximum atomic E-state index is 13.8. The van der Waals surface area contributed by atoms with Crippen molar-refractivity contribution < 1.29 is 24.0 Å². The van der Waals surface area contributed by atoms with Gasteiger partial charge in [-0.25, -0.2) is 4.39 Å². The average molecular weight is 291 g/mol. The Labute approximate surface area is 118 Å². The number of benzene rings is 2. The molecular formula is C14H10FNO5. The number of hydrogen-bond donors (Lipinski definition) is 1. The van der Waals surface area contributed by atoms with Gasteiger partial charge in [-0.15, -0.1) is 0 Å². The molecule has 108 valence electrons. The van der Waals surface area contributed by atoms with Crippen LogP contribution in [-0.2, 0) is 11.2 Å². The summed E-state index contributed by atoms with van der Waals surface area (Å²) in [5, 5.41) is 19.1. The van der Waals surface area contributed by atoms with E-state index in [0.717, 1.165) is 6.07 Å². The number of nitro benzene ring substituents is 1. The monoisotopic (exact) mass is 291 g/mol. The third kappa shape index (κ3) is 3.75. The lowest BCUT2D eigenvalue weighted by atomic mass is 10.1. The van der Waals surface area contributed by atoms with Gasteiger partial charge in [0.15, 0.2) is 11.6 Å². The second-order valence-corrected chi connectivity index (χ2v) is 4.19. The van der Waals surface area contributed by atoms with Gasteiger partial charge in [0.25, 0.3) is 5.69 Å². The van der Waals surface area contributed by atoms with E-state index in [-0.39, 0.29) is 23.6 Å². The highest BCUT2D eigenvalue weighted by molar-refractivity contribution is 5.70. The minimum atomic E-state index is -1.06. The number of hydrogen-bond acceptors (Lipinski definition) is 4. The Bertz CT molecular complexity index is 684. The molecule has 2 aromatic carbocycles. The zero-order valence-electron chi connectivity index (χ0n) is 10.7. The lowest BCUT2D eigenvalue weighted by Crippen LogP contribution is -2.00. The number of halogens is 1. The molecule has 0 fully saturated rings. The number of non-ortho nitro benzene ring substituents is 1. The van der Waals surface area contributed by atoms with Crippen LogP contribution in [0.1, 0.15) is 5.56 Å². The van der Waals surface area contributed by atoms with Gasteiger partial charge >= 0.3 is 5.97 Å². The van der Waals surface area contributed by atoms with Gasteiger partial charge in [-0.05, 0) is 29.8 Å². The van der Waals surface area contributed by atoms with E-state index in [2.05, 4.69) is 0 Å². The standard InChI is InChI=1S/C14H10FNO5/c15-12-7-9(8-14(17)18)1-6-13(12)21-11-4-2-10(3-5-11)16(19)20/h1-7H,8H2,(H,17,18). The van der Waals surface area contributed by atoms with Crippen LogP contribution in [0, 0.1) is 15.9 Å². The maximum absolute atomic E-state index is 13.8. The van der Waals surface area contributed by atoms with E-state index in [1.165, 1.54) is 36.4 Å². The fourth-order valence-electron chi connectivity index (χ4n) is 1.67. The molecule has 0 aliphatic heterocycles. The number of rotatable bonds is 5. The summed E-state index contributed by atoms with van der Waals surface area (Å²) in [5.74, 6) is -1.60. The molecule has 0 atom stereocenters. The van der Waals surface area contributed by atoms with Crippen molar-refractivity contribution in [3.8, 4) is 11.5 Å². The quantitative estimate of drug-likeness (QED) is 0.675. The molecular weight excluding hydrogens is 281 g/mol. The van der Waals surface area contributed by atoms with Crippen LogP contribution in [0.4, 0.5) is 10.1 Å². The molecule has 0 unspecified atom stereocenters. The first-order valence-corrected chi connectivity index (χ1v) is 5.88. The number of nitrogens with zero attached hydrogens (tertiary/aromatic N) is 1. The lowest BCUT2D eigenvalue weighted by Gasteiger charge is -2.07. The van der Waals surface area contributed by atoms with E-state index < -0.39 is 16.7 Å². The summed E-state index contributed by atoms with van der Waals surface area (Å²) >= 11 is 0. The molecule has 0 aromatic heterocycles. The molecule has 0 amide bonds. The Kier molecular flexibility index (Phi) is 4.13. The minimum absolute atomic E-state index is 0.0852. The highest BCUT2D eigenvalue weighted by Gasteiger charge is 2.10. The topological polar surface area (TPSA) is 89.7 Å². The highest BCUT2D eigenvalue weighted by Crippen LogP contribution is 2.26. The Balaban J connectivity index is 2.15. The summed E-state index contributed by atoms with van der Waals surface area (Å²) in [6.07, 6.45) is -0.283. The van der Waals surface area contributed by atoms with Crippen molar-refractivity contribution in [2.45, 2.75) is 6.42 Å². The summed E-state index contributed by atoms with van der Waals surface area (Å²) in [4.78, 5) is 20.5. The summed E-state index contributed by atoms with van der Waals surface area (Å²) in [6, 6.07) is 9.02. The van der Waals surface area contributed by atoms with Gasteiger partial charge in [0.05, 0.1) is 11.3 Å². The first kappa shape index (κ1) is 14.4. The summed E-state index contributed by atoms with van der Waals surface area (Å²) < 4.78 is 19.0. The maximum Gasteiger partial charge on any atom is 0.307 e. The smallest absolute Gasteiger partial charge is 0.307 e. The predicted octanol–water partition coefficient (Wildman–Crippen LogP) is 3.15. The van der Waals surface area contributed by atoms with Crippen molar-refractivity contribution in [2.24, 2.45) is 0 Å². The molecule has 7 heteroatoms. The first-order valence-electron chi connectivity index (χ1n) is 5.88. The van der Waals surface area contributed by atoms with Crippen molar-refractivity contribution in [2.75, 3.05) is 0 Å². The van der Waals surface area contributed by atoms with E-state index in [1.807, 2.05) is 0 Å². The summed E-state index contributed by atoms with van der Waals surface area (Å²) in [5.41, 5.74) is 0.218. The van der Waals surface area contributed by atoms with E-state index in [0.29, 0.717) is 5.56 Å². The van der Waals surface area contributed by atoms with Crippen molar-refractivity contribution in [1.29, 1.82) is 0 Å². The molecule has 0 saturated carbocycles. The third-order valence-electron chi connectivity index (χ3n) is 2.63. The molecule has 2 aromatic rings. The van der Waals surface area contributed by atoms with Crippen molar-refractivity contribution in [3.05, 3.63) is 64.0 Å².